The summed E-state index contributed by atoms with van der Waals surface area (Å²) in [7, 11) is 0. The second-order valence-electron chi connectivity index (χ2n) is 4.47. The van der Waals surface area contributed by atoms with Gasteiger partial charge in [-0.05, 0) is 55.9 Å². The van der Waals surface area contributed by atoms with E-state index in [1.165, 1.54) is 11.1 Å². The highest BCUT2D eigenvalue weighted by atomic mass is 16.5. The second-order valence-corrected chi connectivity index (χ2v) is 4.47. The van der Waals surface area contributed by atoms with Crippen LogP contribution in [-0.4, -0.2) is 6.61 Å². The monoisotopic (exact) mass is 232 g/mol. The van der Waals surface area contributed by atoms with Gasteiger partial charge in [-0.3, -0.25) is 0 Å². The van der Waals surface area contributed by atoms with Crippen molar-refractivity contribution in [3.05, 3.63) is 41.5 Å². The second kappa shape index (κ2) is 7.16. The summed E-state index contributed by atoms with van der Waals surface area (Å²) in [5.74, 6) is 1.55. The van der Waals surface area contributed by atoms with Gasteiger partial charge in [0.1, 0.15) is 5.75 Å². The molecule has 1 aromatic rings. The first-order valence-corrected chi connectivity index (χ1v) is 6.57. The standard InChI is InChI=1S/C16H24O/c1-5-7-8-9-13(3)16-11-10-15(17-6-2)12-14(16)4/h7-8,10-13H,5-6,9H2,1-4H3/b8-7-. The van der Waals surface area contributed by atoms with Crippen LogP contribution in [0.2, 0.25) is 0 Å². The molecular weight excluding hydrogens is 208 g/mol. The lowest BCUT2D eigenvalue weighted by Crippen LogP contribution is -1.97. The summed E-state index contributed by atoms with van der Waals surface area (Å²) in [4.78, 5) is 0. The molecule has 1 nitrogen and oxygen atoms in total. The molecule has 0 N–H and O–H groups in total. The van der Waals surface area contributed by atoms with Crippen LogP contribution in [0.4, 0.5) is 0 Å². The maximum Gasteiger partial charge on any atom is 0.119 e. The number of allylic oxidation sites excluding steroid dienone is 2. The molecule has 0 fully saturated rings. The lowest BCUT2D eigenvalue weighted by molar-refractivity contribution is 0.340. The van der Waals surface area contributed by atoms with Crippen LogP contribution in [0.5, 0.6) is 5.75 Å². The Labute approximate surface area is 106 Å². The van der Waals surface area contributed by atoms with Gasteiger partial charge in [-0.2, -0.15) is 0 Å². The van der Waals surface area contributed by atoms with E-state index in [4.69, 9.17) is 4.74 Å². The molecule has 0 aliphatic carbocycles. The molecule has 0 heterocycles. The van der Waals surface area contributed by atoms with Crippen LogP contribution in [0.25, 0.3) is 0 Å². The van der Waals surface area contributed by atoms with Crippen molar-refractivity contribution >= 4 is 0 Å². The molecule has 0 saturated heterocycles. The van der Waals surface area contributed by atoms with Crippen molar-refractivity contribution < 1.29 is 4.74 Å². The molecule has 1 heteroatoms. The van der Waals surface area contributed by atoms with E-state index in [-0.39, 0.29) is 0 Å². The fourth-order valence-corrected chi connectivity index (χ4v) is 2.05. The highest BCUT2D eigenvalue weighted by Gasteiger charge is 2.07. The van der Waals surface area contributed by atoms with E-state index in [0.717, 1.165) is 25.2 Å². The zero-order chi connectivity index (χ0) is 12.7. The van der Waals surface area contributed by atoms with E-state index in [2.05, 4.69) is 51.1 Å². The van der Waals surface area contributed by atoms with Crippen molar-refractivity contribution in [3.63, 3.8) is 0 Å². The Kier molecular flexibility index (Phi) is 5.82. The Morgan fingerprint density at radius 1 is 1.24 bits per heavy atom. The van der Waals surface area contributed by atoms with E-state index in [0.29, 0.717) is 5.92 Å². The smallest absolute Gasteiger partial charge is 0.119 e. The molecule has 17 heavy (non-hydrogen) atoms. The number of aryl methyl sites for hydroxylation is 1. The fourth-order valence-electron chi connectivity index (χ4n) is 2.05. The molecule has 0 aliphatic rings. The largest absolute Gasteiger partial charge is 0.494 e. The van der Waals surface area contributed by atoms with Crippen LogP contribution < -0.4 is 4.74 Å². The van der Waals surface area contributed by atoms with Gasteiger partial charge in [0, 0.05) is 0 Å². The molecule has 0 amide bonds. The maximum absolute atomic E-state index is 5.51. The van der Waals surface area contributed by atoms with E-state index < -0.39 is 0 Å². The minimum atomic E-state index is 0.577. The van der Waals surface area contributed by atoms with Crippen LogP contribution in [0, 0.1) is 6.92 Å². The third kappa shape index (κ3) is 4.26. The molecule has 94 valence electrons. The average molecular weight is 232 g/mol. The first kappa shape index (κ1) is 13.8. The molecule has 1 aromatic carbocycles. The van der Waals surface area contributed by atoms with Crippen LogP contribution in [-0.2, 0) is 0 Å². The Bertz CT molecular complexity index is 366. The van der Waals surface area contributed by atoms with Crippen LogP contribution in [0.3, 0.4) is 0 Å². The van der Waals surface area contributed by atoms with Gasteiger partial charge in [0.25, 0.3) is 0 Å². The lowest BCUT2D eigenvalue weighted by atomic mass is 9.93. The summed E-state index contributed by atoms with van der Waals surface area (Å²) < 4.78 is 5.51. The van der Waals surface area contributed by atoms with Crippen LogP contribution >= 0.6 is 0 Å². The van der Waals surface area contributed by atoms with Crippen molar-refractivity contribution in [1.82, 2.24) is 0 Å². The molecule has 0 bridgehead atoms. The normalized spacial score (nSPS) is 12.9. The first-order chi connectivity index (χ1) is 8.19. The van der Waals surface area contributed by atoms with Crippen molar-refractivity contribution in [3.8, 4) is 5.75 Å². The highest BCUT2D eigenvalue weighted by Crippen LogP contribution is 2.26. The maximum atomic E-state index is 5.51. The molecule has 0 aromatic heterocycles. The van der Waals surface area contributed by atoms with E-state index in [9.17, 15) is 0 Å². The molecule has 0 radical (unpaired) electrons. The first-order valence-electron chi connectivity index (χ1n) is 6.57. The predicted molar refractivity (Wildman–Crippen MR) is 74.8 cm³/mol. The fraction of sp³-hybridized carbons (Fsp3) is 0.500. The number of rotatable bonds is 6. The van der Waals surface area contributed by atoms with E-state index in [1.54, 1.807) is 0 Å². The Morgan fingerprint density at radius 3 is 2.59 bits per heavy atom. The summed E-state index contributed by atoms with van der Waals surface area (Å²) in [6.45, 7) is 9.36. The summed E-state index contributed by atoms with van der Waals surface area (Å²) in [5.41, 5.74) is 2.75. The van der Waals surface area contributed by atoms with Gasteiger partial charge in [0.05, 0.1) is 6.61 Å². The van der Waals surface area contributed by atoms with Gasteiger partial charge in [0.2, 0.25) is 0 Å². The van der Waals surface area contributed by atoms with Gasteiger partial charge in [0.15, 0.2) is 0 Å². The minimum absolute atomic E-state index is 0.577. The quantitative estimate of drug-likeness (QED) is 0.637. The molecule has 0 saturated carbocycles. The van der Waals surface area contributed by atoms with Gasteiger partial charge in [-0.1, -0.05) is 32.1 Å². The third-order valence-corrected chi connectivity index (χ3v) is 2.98. The molecule has 1 unspecified atom stereocenters. The third-order valence-electron chi connectivity index (χ3n) is 2.98. The highest BCUT2D eigenvalue weighted by molar-refractivity contribution is 5.36. The Balaban J connectivity index is 2.73. The van der Waals surface area contributed by atoms with E-state index >= 15 is 0 Å². The van der Waals surface area contributed by atoms with Crippen LogP contribution in [0.15, 0.2) is 30.4 Å². The number of ether oxygens (including phenoxy) is 1. The number of hydrogen-bond donors (Lipinski definition) is 0. The predicted octanol–water partition coefficient (Wildman–Crippen LogP) is 4.85. The van der Waals surface area contributed by atoms with E-state index in [1.807, 2.05) is 6.92 Å². The zero-order valence-electron chi connectivity index (χ0n) is 11.5. The summed E-state index contributed by atoms with van der Waals surface area (Å²) >= 11 is 0. The van der Waals surface area contributed by atoms with Gasteiger partial charge in [-0.15, -0.1) is 0 Å². The van der Waals surface area contributed by atoms with Crippen molar-refractivity contribution in [2.24, 2.45) is 0 Å². The van der Waals surface area contributed by atoms with Crippen molar-refractivity contribution in [1.29, 1.82) is 0 Å². The van der Waals surface area contributed by atoms with Gasteiger partial charge in [-0.25, -0.2) is 0 Å². The number of benzene rings is 1. The van der Waals surface area contributed by atoms with Crippen molar-refractivity contribution in [2.75, 3.05) is 6.61 Å². The number of hydrogen-bond acceptors (Lipinski definition) is 1. The average Bonchev–Trinajstić information content (AvgIpc) is 2.29. The molecule has 1 atom stereocenters. The van der Waals surface area contributed by atoms with Crippen LogP contribution in [0.1, 0.15) is 50.7 Å². The molecule has 1 rings (SSSR count). The SMILES string of the molecule is CC/C=C\CC(C)c1ccc(OCC)cc1C. The van der Waals surface area contributed by atoms with Gasteiger partial charge >= 0.3 is 0 Å². The Morgan fingerprint density at radius 2 is 2.00 bits per heavy atom. The summed E-state index contributed by atoms with van der Waals surface area (Å²) in [6, 6.07) is 6.41. The molecule has 0 aliphatic heterocycles. The molecular formula is C16H24O. The summed E-state index contributed by atoms with van der Waals surface area (Å²) in [5, 5.41) is 0. The molecule has 0 spiro atoms. The van der Waals surface area contributed by atoms with Gasteiger partial charge < -0.3 is 4.74 Å². The Hall–Kier alpha value is -1.24. The zero-order valence-corrected chi connectivity index (χ0v) is 11.5. The topological polar surface area (TPSA) is 9.23 Å². The lowest BCUT2D eigenvalue weighted by Gasteiger charge is -2.14. The minimum Gasteiger partial charge on any atom is -0.494 e. The summed E-state index contributed by atoms with van der Waals surface area (Å²) in [6.07, 6.45) is 6.75. The van der Waals surface area contributed by atoms with Crippen molar-refractivity contribution in [2.45, 2.75) is 46.5 Å².